The molecule has 5 nitrogen and oxygen atoms in total. The van der Waals surface area contributed by atoms with Crippen LogP contribution in [0.5, 0.6) is 0 Å². The number of benzene rings is 2. The second-order valence-corrected chi connectivity index (χ2v) is 5.05. The van der Waals surface area contributed by atoms with E-state index in [1.165, 1.54) is 19.1 Å². The topological polar surface area (TPSA) is 72.5 Å². The minimum absolute atomic E-state index is 0.241. The Balaban J connectivity index is 1.84. The highest BCUT2D eigenvalue weighted by molar-refractivity contribution is 6.00. The third-order valence-electron chi connectivity index (χ3n) is 3.24. The lowest BCUT2D eigenvalue weighted by Gasteiger charge is -2.13. The number of ether oxygens (including phenoxy) is 1. The molecule has 0 unspecified atom stereocenters. The number of carbonyl (C=O) groups excluding carboxylic acids is 3. The van der Waals surface area contributed by atoms with Crippen molar-refractivity contribution < 1.29 is 23.5 Å². The molecule has 0 aliphatic rings. The summed E-state index contributed by atoms with van der Waals surface area (Å²) in [5.41, 5.74) is 0.658. The van der Waals surface area contributed by atoms with Gasteiger partial charge < -0.3 is 10.1 Å². The van der Waals surface area contributed by atoms with Crippen LogP contribution in [-0.4, -0.2) is 30.3 Å². The molecule has 1 amide bonds. The Labute approximate surface area is 138 Å². The second kappa shape index (κ2) is 8.01. The molecule has 0 bridgehead atoms. The summed E-state index contributed by atoms with van der Waals surface area (Å²) >= 11 is 0. The molecule has 2 aromatic carbocycles. The number of amides is 1. The number of hydrogen-bond donors (Lipinski definition) is 1. The van der Waals surface area contributed by atoms with Crippen LogP contribution in [0.3, 0.4) is 0 Å². The predicted molar refractivity (Wildman–Crippen MR) is 85.1 cm³/mol. The Bertz CT molecular complexity index is 728. The Kier molecular flexibility index (Phi) is 5.78. The number of carbonyl (C=O) groups is 3. The standard InChI is InChI=1S/C18H16FNO4/c1-12(17(22)13-7-9-15(19)10-8-13)24-16(21)11-20-18(23)14-5-3-2-4-6-14/h2-10,12H,11H2,1H3,(H,20,23)/t12-/m1/s1. The maximum absolute atomic E-state index is 12.8. The van der Waals surface area contributed by atoms with Gasteiger partial charge in [0.25, 0.3) is 5.91 Å². The fourth-order valence-electron chi connectivity index (χ4n) is 1.99. The van der Waals surface area contributed by atoms with Crippen LogP contribution in [0.4, 0.5) is 4.39 Å². The highest BCUT2D eigenvalue weighted by atomic mass is 19.1. The zero-order chi connectivity index (χ0) is 17.5. The molecule has 0 fully saturated rings. The highest BCUT2D eigenvalue weighted by Gasteiger charge is 2.20. The van der Waals surface area contributed by atoms with E-state index in [0.29, 0.717) is 5.56 Å². The van der Waals surface area contributed by atoms with Gasteiger partial charge in [0.05, 0.1) is 0 Å². The zero-order valence-corrected chi connectivity index (χ0v) is 13.0. The molecule has 124 valence electrons. The molecular weight excluding hydrogens is 313 g/mol. The number of esters is 1. The average Bonchev–Trinajstić information content (AvgIpc) is 2.60. The summed E-state index contributed by atoms with van der Waals surface area (Å²) in [5.74, 6) is -2.05. The SMILES string of the molecule is C[C@@H](OC(=O)CNC(=O)c1ccccc1)C(=O)c1ccc(F)cc1. The number of ketones is 1. The number of nitrogens with one attached hydrogen (secondary N) is 1. The lowest BCUT2D eigenvalue weighted by atomic mass is 10.1. The van der Waals surface area contributed by atoms with Crippen LogP contribution in [0.25, 0.3) is 0 Å². The van der Waals surface area contributed by atoms with Crippen LogP contribution in [-0.2, 0) is 9.53 Å². The van der Waals surface area contributed by atoms with Crippen molar-refractivity contribution in [1.82, 2.24) is 5.32 Å². The molecule has 0 radical (unpaired) electrons. The van der Waals surface area contributed by atoms with E-state index >= 15 is 0 Å². The largest absolute Gasteiger partial charge is 0.453 e. The fourth-order valence-corrected chi connectivity index (χ4v) is 1.99. The second-order valence-electron chi connectivity index (χ2n) is 5.05. The lowest BCUT2D eigenvalue weighted by Crippen LogP contribution is -2.34. The minimum atomic E-state index is -1.03. The van der Waals surface area contributed by atoms with Crippen LogP contribution >= 0.6 is 0 Å². The van der Waals surface area contributed by atoms with Gasteiger partial charge in [0, 0.05) is 11.1 Å². The normalized spacial score (nSPS) is 11.4. The summed E-state index contributed by atoms with van der Waals surface area (Å²) in [6.07, 6.45) is -1.03. The quantitative estimate of drug-likeness (QED) is 0.652. The molecular formula is C18H16FNO4. The molecule has 0 aliphatic carbocycles. The summed E-state index contributed by atoms with van der Waals surface area (Å²) in [7, 11) is 0. The van der Waals surface area contributed by atoms with Crippen LogP contribution < -0.4 is 5.32 Å². The molecule has 0 saturated carbocycles. The first kappa shape index (κ1) is 17.3. The summed E-state index contributed by atoms with van der Waals surface area (Å²) in [4.78, 5) is 35.6. The van der Waals surface area contributed by atoms with Crippen LogP contribution in [0.15, 0.2) is 54.6 Å². The van der Waals surface area contributed by atoms with E-state index in [-0.39, 0.29) is 12.1 Å². The van der Waals surface area contributed by atoms with Crippen LogP contribution in [0.1, 0.15) is 27.6 Å². The van der Waals surface area contributed by atoms with E-state index in [1.807, 2.05) is 0 Å². The number of Topliss-reactive ketones (excluding diaryl/α,β-unsaturated/α-hetero) is 1. The number of hydrogen-bond acceptors (Lipinski definition) is 4. The Morgan fingerprint density at radius 2 is 1.62 bits per heavy atom. The van der Waals surface area contributed by atoms with E-state index in [4.69, 9.17) is 4.74 Å². The lowest BCUT2D eigenvalue weighted by molar-refractivity contribution is -0.145. The average molecular weight is 329 g/mol. The fraction of sp³-hybridized carbons (Fsp3) is 0.167. The summed E-state index contributed by atoms with van der Waals surface area (Å²) in [6.45, 7) is 1.07. The smallest absolute Gasteiger partial charge is 0.326 e. The molecule has 0 saturated heterocycles. The van der Waals surface area contributed by atoms with Gasteiger partial charge in [0.1, 0.15) is 12.4 Å². The van der Waals surface area contributed by atoms with E-state index < -0.39 is 29.6 Å². The van der Waals surface area contributed by atoms with Gasteiger partial charge in [-0.25, -0.2) is 4.39 Å². The van der Waals surface area contributed by atoms with Crippen molar-refractivity contribution in [2.45, 2.75) is 13.0 Å². The summed E-state index contributed by atoms with van der Waals surface area (Å²) in [6, 6.07) is 13.4. The van der Waals surface area contributed by atoms with Crippen molar-refractivity contribution >= 4 is 17.7 Å². The van der Waals surface area contributed by atoms with Gasteiger partial charge in [-0.2, -0.15) is 0 Å². The first-order valence-electron chi connectivity index (χ1n) is 7.30. The molecule has 24 heavy (non-hydrogen) atoms. The van der Waals surface area contributed by atoms with Gasteiger partial charge in [-0.3, -0.25) is 14.4 Å². The van der Waals surface area contributed by atoms with Crippen molar-refractivity contribution in [2.24, 2.45) is 0 Å². The van der Waals surface area contributed by atoms with Gasteiger partial charge in [-0.1, -0.05) is 18.2 Å². The molecule has 0 heterocycles. The van der Waals surface area contributed by atoms with Crippen molar-refractivity contribution in [3.63, 3.8) is 0 Å². The summed E-state index contributed by atoms with van der Waals surface area (Å²) < 4.78 is 17.8. The van der Waals surface area contributed by atoms with Crippen molar-refractivity contribution in [3.8, 4) is 0 Å². The molecule has 0 aliphatic heterocycles. The Morgan fingerprint density at radius 1 is 1.00 bits per heavy atom. The van der Waals surface area contributed by atoms with E-state index in [0.717, 1.165) is 12.1 Å². The number of rotatable bonds is 6. The van der Waals surface area contributed by atoms with Crippen molar-refractivity contribution in [2.75, 3.05) is 6.54 Å². The van der Waals surface area contributed by atoms with Gasteiger partial charge in [0.2, 0.25) is 5.78 Å². The first-order chi connectivity index (χ1) is 11.5. The van der Waals surface area contributed by atoms with Crippen molar-refractivity contribution in [3.05, 3.63) is 71.5 Å². The first-order valence-corrected chi connectivity index (χ1v) is 7.30. The molecule has 1 atom stereocenters. The predicted octanol–water partition coefficient (Wildman–Crippen LogP) is 2.37. The van der Waals surface area contributed by atoms with E-state index in [2.05, 4.69) is 5.32 Å². The molecule has 0 aromatic heterocycles. The Morgan fingerprint density at radius 3 is 2.25 bits per heavy atom. The maximum atomic E-state index is 12.8. The summed E-state index contributed by atoms with van der Waals surface area (Å²) in [5, 5.41) is 2.42. The monoisotopic (exact) mass is 329 g/mol. The third-order valence-corrected chi connectivity index (χ3v) is 3.24. The van der Waals surface area contributed by atoms with Gasteiger partial charge >= 0.3 is 5.97 Å². The highest BCUT2D eigenvalue weighted by Crippen LogP contribution is 2.08. The zero-order valence-electron chi connectivity index (χ0n) is 13.0. The van der Waals surface area contributed by atoms with Gasteiger partial charge in [0.15, 0.2) is 6.10 Å². The minimum Gasteiger partial charge on any atom is -0.453 e. The third kappa shape index (κ3) is 4.74. The molecule has 1 N–H and O–H groups in total. The Hall–Kier alpha value is -3.02. The van der Waals surface area contributed by atoms with Gasteiger partial charge in [-0.05, 0) is 43.3 Å². The molecule has 2 aromatic rings. The van der Waals surface area contributed by atoms with Crippen LogP contribution in [0, 0.1) is 5.82 Å². The van der Waals surface area contributed by atoms with Crippen LogP contribution in [0.2, 0.25) is 0 Å². The molecule has 2 rings (SSSR count). The molecule has 6 heteroatoms. The number of halogens is 1. The van der Waals surface area contributed by atoms with Gasteiger partial charge in [-0.15, -0.1) is 0 Å². The van der Waals surface area contributed by atoms with E-state index in [1.54, 1.807) is 30.3 Å². The molecule has 0 spiro atoms. The van der Waals surface area contributed by atoms with E-state index in [9.17, 15) is 18.8 Å². The maximum Gasteiger partial charge on any atom is 0.326 e. The van der Waals surface area contributed by atoms with Crippen molar-refractivity contribution in [1.29, 1.82) is 0 Å².